The predicted octanol–water partition coefficient (Wildman–Crippen LogP) is 3.43. The van der Waals surface area contributed by atoms with Gasteiger partial charge in [0, 0.05) is 6.42 Å². The van der Waals surface area contributed by atoms with Gasteiger partial charge in [0.25, 0.3) is 0 Å². The number of allylic oxidation sites excluding steroid dienone is 2. The lowest BCUT2D eigenvalue weighted by Gasteiger charge is -1.96. The lowest BCUT2D eigenvalue weighted by molar-refractivity contribution is -0.137. The number of rotatable bonds is 7. The van der Waals surface area contributed by atoms with E-state index < -0.39 is 5.97 Å². The maximum Gasteiger partial charge on any atom is 0.303 e. The summed E-state index contributed by atoms with van der Waals surface area (Å²) in [4.78, 5) is 10.2. The largest absolute Gasteiger partial charge is 0.481 e. The molecule has 0 saturated heterocycles. The van der Waals surface area contributed by atoms with Crippen molar-refractivity contribution in [3.63, 3.8) is 0 Å². The van der Waals surface area contributed by atoms with Gasteiger partial charge in [-0.2, -0.15) is 0 Å². The van der Waals surface area contributed by atoms with Gasteiger partial charge in [0.1, 0.15) is 0 Å². The molecule has 0 bridgehead atoms. The fourth-order valence-electron chi connectivity index (χ4n) is 1.50. The van der Waals surface area contributed by atoms with E-state index in [4.69, 9.17) is 5.11 Å². The first-order valence-corrected chi connectivity index (χ1v) is 5.70. The van der Waals surface area contributed by atoms with E-state index in [0.717, 1.165) is 25.7 Å². The molecule has 0 amide bonds. The Balaban J connectivity index is 2.07. The summed E-state index contributed by atoms with van der Waals surface area (Å²) in [6.07, 6.45) is 8.15. The second kappa shape index (κ2) is 7.69. The lowest BCUT2D eigenvalue weighted by Crippen LogP contribution is -1.92. The van der Waals surface area contributed by atoms with Crippen LogP contribution in [0.3, 0.4) is 0 Å². The van der Waals surface area contributed by atoms with Crippen molar-refractivity contribution in [1.29, 1.82) is 0 Å². The molecule has 0 aliphatic rings. The topological polar surface area (TPSA) is 37.3 Å². The van der Waals surface area contributed by atoms with Crippen molar-refractivity contribution in [2.45, 2.75) is 32.1 Å². The minimum atomic E-state index is -0.710. The molecule has 0 atom stereocenters. The number of aryl methyl sites for hydroxylation is 1. The number of aliphatic carboxylic acids is 1. The molecule has 0 saturated carbocycles. The van der Waals surface area contributed by atoms with Gasteiger partial charge in [0.05, 0.1) is 0 Å². The van der Waals surface area contributed by atoms with E-state index in [0.29, 0.717) is 0 Å². The molecular formula is C14H18O2. The Kier molecular flexibility index (Phi) is 6.00. The highest BCUT2D eigenvalue weighted by molar-refractivity contribution is 5.66. The van der Waals surface area contributed by atoms with Gasteiger partial charge in [-0.05, 0) is 31.2 Å². The number of hydrogen-bond acceptors (Lipinski definition) is 1. The number of benzene rings is 1. The van der Waals surface area contributed by atoms with Gasteiger partial charge in [-0.3, -0.25) is 4.79 Å². The van der Waals surface area contributed by atoms with Gasteiger partial charge in [0.15, 0.2) is 0 Å². The molecule has 16 heavy (non-hydrogen) atoms. The first kappa shape index (κ1) is 12.5. The normalized spacial score (nSPS) is 10.8. The van der Waals surface area contributed by atoms with E-state index in [1.807, 2.05) is 18.2 Å². The molecule has 1 aromatic carbocycles. The van der Waals surface area contributed by atoms with Crippen LogP contribution in [0.5, 0.6) is 0 Å². The summed E-state index contributed by atoms with van der Waals surface area (Å²) in [5, 5.41) is 8.44. The van der Waals surface area contributed by atoms with Gasteiger partial charge in [-0.15, -0.1) is 0 Å². The first-order chi connectivity index (χ1) is 7.79. The molecule has 0 heterocycles. The van der Waals surface area contributed by atoms with Crippen molar-refractivity contribution in [2.24, 2.45) is 0 Å². The van der Waals surface area contributed by atoms with Crippen LogP contribution in [-0.4, -0.2) is 11.1 Å². The average Bonchev–Trinajstić information content (AvgIpc) is 2.29. The Morgan fingerprint density at radius 2 is 1.81 bits per heavy atom. The zero-order valence-electron chi connectivity index (χ0n) is 9.43. The fourth-order valence-corrected chi connectivity index (χ4v) is 1.50. The van der Waals surface area contributed by atoms with Crippen molar-refractivity contribution >= 4 is 5.97 Å². The van der Waals surface area contributed by atoms with E-state index in [2.05, 4.69) is 24.3 Å². The van der Waals surface area contributed by atoms with Crippen molar-refractivity contribution in [2.75, 3.05) is 0 Å². The monoisotopic (exact) mass is 218 g/mol. The van der Waals surface area contributed by atoms with Crippen LogP contribution in [0.4, 0.5) is 0 Å². The van der Waals surface area contributed by atoms with Crippen LogP contribution in [0.15, 0.2) is 42.5 Å². The van der Waals surface area contributed by atoms with Gasteiger partial charge in [-0.1, -0.05) is 42.5 Å². The molecule has 2 nitrogen and oxygen atoms in total. The zero-order valence-corrected chi connectivity index (χ0v) is 9.43. The second-order valence-electron chi connectivity index (χ2n) is 3.78. The summed E-state index contributed by atoms with van der Waals surface area (Å²) in [5.74, 6) is -0.710. The third-order valence-corrected chi connectivity index (χ3v) is 2.37. The van der Waals surface area contributed by atoms with Gasteiger partial charge in [-0.25, -0.2) is 0 Å². The molecule has 1 aromatic rings. The summed E-state index contributed by atoms with van der Waals surface area (Å²) < 4.78 is 0. The molecule has 0 aliphatic carbocycles. The molecule has 0 unspecified atom stereocenters. The van der Waals surface area contributed by atoms with Gasteiger partial charge in [0.2, 0.25) is 0 Å². The molecule has 0 radical (unpaired) electrons. The maximum absolute atomic E-state index is 10.2. The number of carboxylic acid groups (broad SMARTS) is 1. The molecular weight excluding hydrogens is 200 g/mol. The first-order valence-electron chi connectivity index (χ1n) is 5.70. The van der Waals surface area contributed by atoms with Crippen molar-refractivity contribution in [3.05, 3.63) is 48.0 Å². The van der Waals surface area contributed by atoms with Crippen LogP contribution in [-0.2, 0) is 11.2 Å². The minimum absolute atomic E-state index is 0.267. The SMILES string of the molecule is O=C(O)CCC/C=C\CCc1ccccc1. The second-order valence-corrected chi connectivity index (χ2v) is 3.78. The Morgan fingerprint density at radius 3 is 2.50 bits per heavy atom. The predicted molar refractivity (Wildman–Crippen MR) is 65.4 cm³/mol. The highest BCUT2D eigenvalue weighted by Crippen LogP contribution is 2.04. The zero-order chi connectivity index (χ0) is 11.6. The quantitative estimate of drug-likeness (QED) is 0.562. The standard InChI is InChI=1S/C14H18O2/c15-14(16)12-8-3-1-2-5-9-13-10-6-4-7-11-13/h1-2,4,6-7,10-11H,3,5,8-9,12H2,(H,15,16)/b2-1-. The average molecular weight is 218 g/mol. The van der Waals surface area contributed by atoms with Crippen LogP contribution in [0.2, 0.25) is 0 Å². The summed E-state index contributed by atoms with van der Waals surface area (Å²) in [6.45, 7) is 0. The van der Waals surface area contributed by atoms with Crippen LogP contribution < -0.4 is 0 Å². The number of hydrogen-bond donors (Lipinski definition) is 1. The molecule has 0 fully saturated rings. The molecule has 0 spiro atoms. The number of unbranched alkanes of at least 4 members (excludes halogenated alkanes) is 1. The summed E-state index contributed by atoms with van der Waals surface area (Å²) in [6, 6.07) is 10.4. The van der Waals surface area contributed by atoms with Gasteiger partial charge < -0.3 is 5.11 Å². The van der Waals surface area contributed by atoms with Crippen LogP contribution in [0.1, 0.15) is 31.2 Å². The third-order valence-electron chi connectivity index (χ3n) is 2.37. The van der Waals surface area contributed by atoms with Crippen LogP contribution in [0, 0.1) is 0 Å². The van der Waals surface area contributed by atoms with Crippen LogP contribution >= 0.6 is 0 Å². The number of carbonyl (C=O) groups is 1. The van der Waals surface area contributed by atoms with E-state index in [-0.39, 0.29) is 6.42 Å². The Bertz CT molecular complexity index is 328. The summed E-state index contributed by atoms with van der Waals surface area (Å²) >= 11 is 0. The minimum Gasteiger partial charge on any atom is -0.481 e. The Morgan fingerprint density at radius 1 is 1.12 bits per heavy atom. The van der Waals surface area contributed by atoms with Crippen molar-refractivity contribution in [1.82, 2.24) is 0 Å². The summed E-state index contributed by atoms with van der Waals surface area (Å²) in [5.41, 5.74) is 1.35. The fraction of sp³-hybridized carbons (Fsp3) is 0.357. The van der Waals surface area contributed by atoms with Gasteiger partial charge >= 0.3 is 5.97 Å². The molecule has 0 aromatic heterocycles. The van der Waals surface area contributed by atoms with Crippen molar-refractivity contribution < 1.29 is 9.90 Å². The number of carboxylic acids is 1. The Labute approximate surface area is 96.6 Å². The maximum atomic E-state index is 10.2. The highest BCUT2D eigenvalue weighted by atomic mass is 16.4. The lowest BCUT2D eigenvalue weighted by atomic mass is 10.1. The van der Waals surface area contributed by atoms with E-state index in [1.165, 1.54) is 5.56 Å². The van der Waals surface area contributed by atoms with E-state index in [1.54, 1.807) is 0 Å². The molecule has 2 heteroatoms. The van der Waals surface area contributed by atoms with E-state index in [9.17, 15) is 4.79 Å². The molecule has 86 valence electrons. The van der Waals surface area contributed by atoms with E-state index >= 15 is 0 Å². The molecule has 1 rings (SSSR count). The smallest absolute Gasteiger partial charge is 0.303 e. The van der Waals surface area contributed by atoms with Crippen molar-refractivity contribution in [3.8, 4) is 0 Å². The van der Waals surface area contributed by atoms with Crippen LogP contribution in [0.25, 0.3) is 0 Å². The molecule has 0 aliphatic heterocycles. The summed E-state index contributed by atoms with van der Waals surface area (Å²) in [7, 11) is 0. The highest BCUT2D eigenvalue weighted by Gasteiger charge is 1.93. The Hall–Kier alpha value is -1.57. The molecule has 1 N–H and O–H groups in total. The third kappa shape index (κ3) is 6.02.